The Bertz CT molecular complexity index is 553. The van der Waals surface area contributed by atoms with Crippen molar-refractivity contribution in [2.45, 2.75) is 0 Å². The van der Waals surface area contributed by atoms with E-state index in [-0.39, 0.29) is 22.3 Å². The molecule has 7 heteroatoms. The molecule has 0 saturated heterocycles. The fraction of sp³-hybridized carbons (Fsp3) is 0. The summed E-state index contributed by atoms with van der Waals surface area (Å²) in [6.45, 7) is 0. The number of anilines is 1. The zero-order chi connectivity index (χ0) is 11.7. The second kappa shape index (κ2) is 3.82. The van der Waals surface area contributed by atoms with Gasteiger partial charge in [0.25, 0.3) is 5.69 Å². The van der Waals surface area contributed by atoms with Gasteiger partial charge in [0.1, 0.15) is 0 Å². The van der Waals surface area contributed by atoms with Gasteiger partial charge in [-0.3, -0.25) is 10.1 Å². The Labute approximate surface area is 94.7 Å². The normalized spacial score (nSPS) is 10.3. The van der Waals surface area contributed by atoms with E-state index in [4.69, 9.17) is 21.9 Å². The van der Waals surface area contributed by atoms with Gasteiger partial charge in [0.05, 0.1) is 10.5 Å². The number of nitro groups is 1. The van der Waals surface area contributed by atoms with Gasteiger partial charge in [0, 0.05) is 17.2 Å². The molecule has 0 radical (unpaired) electrons. The van der Waals surface area contributed by atoms with Gasteiger partial charge in [0.15, 0.2) is 11.6 Å². The predicted octanol–water partition coefficient (Wildman–Crippen LogP) is 2.49. The van der Waals surface area contributed by atoms with Gasteiger partial charge >= 0.3 is 0 Å². The molecule has 1 heterocycles. The molecule has 2 N–H and O–H groups in total. The summed E-state index contributed by atoms with van der Waals surface area (Å²) in [5, 5.41) is 14.6. The molecule has 0 unspecified atom stereocenters. The van der Waals surface area contributed by atoms with E-state index >= 15 is 0 Å². The Balaban J connectivity index is 2.60. The highest BCUT2D eigenvalue weighted by atomic mass is 35.5. The maximum absolute atomic E-state index is 10.8. The Morgan fingerprint density at radius 3 is 2.75 bits per heavy atom. The number of hydrogen-bond donors (Lipinski definition) is 1. The fourth-order valence-corrected chi connectivity index (χ4v) is 1.45. The van der Waals surface area contributed by atoms with E-state index in [1.807, 2.05) is 0 Å². The maximum Gasteiger partial charge on any atom is 0.281 e. The number of nitrogens with two attached hydrogens (primary N) is 1. The summed E-state index contributed by atoms with van der Waals surface area (Å²) < 4.78 is 4.86. The number of halogens is 1. The van der Waals surface area contributed by atoms with Gasteiger partial charge in [-0.15, -0.1) is 0 Å². The third kappa shape index (κ3) is 1.82. The third-order valence-electron chi connectivity index (χ3n) is 1.95. The molecule has 16 heavy (non-hydrogen) atoms. The molecule has 0 aliphatic heterocycles. The monoisotopic (exact) mass is 239 g/mol. The summed E-state index contributed by atoms with van der Waals surface area (Å²) in [7, 11) is 0. The van der Waals surface area contributed by atoms with Crippen molar-refractivity contribution in [3.05, 3.63) is 39.4 Å². The standard InChI is InChI=1S/C9H6ClN3O3/c10-5-1-2-6(7(3-5)13(14)15)8-4-9(11)12-16-8/h1-4H,(H2,11,12). The highest BCUT2D eigenvalue weighted by Gasteiger charge is 2.19. The summed E-state index contributed by atoms with van der Waals surface area (Å²) in [6.07, 6.45) is 0. The number of nitrogens with zero attached hydrogens (tertiary/aromatic N) is 2. The number of aromatic nitrogens is 1. The summed E-state index contributed by atoms with van der Waals surface area (Å²) in [4.78, 5) is 10.3. The molecule has 0 aliphatic rings. The molecule has 0 bridgehead atoms. The third-order valence-corrected chi connectivity index (χ3v) is 2.19. The smallest absolute Gasteiger partial charge is 0.281 e. The van der Waals surface area contributed by atoms with E-state index < -0.39 is 4.92 Å². The minimum absolute atomic E-state index is 0.149. The van der Waals surface area contributed by atoms with Crippen molar-refractivity contribution in [1.82, 2.24) is 5.16 Å². The minimum atomic E-state index is -0.542. The van der Waals surface area contributed by atoms with Crippen LogP contribution in [-0.4, -0.2) is 10.1 Å². The molecule has 1 aromatic heterocycles. The zero-order valence-electron chi connectivity index (χ0n) is 7.88. The van der Waals surface area contributed by atoms with Crippen LogP contribution in [0.1, 0.15) is 0 Å². The maximum atomic E-state index is 10.8. The van der Waals surface area contributed by atoms with Crippen LogP contribution in [0.4, 0.5) is 11.5 Å². The van der Waals surface area contributed by atoms with Crippen LogP contribution in [-0.2, 0) is 0 Å². The van der Waals surface area contributed by atoms with Gasteiger partial charge in [-0.05, 0) is 12.1 Å². The van der Waals surface area contributed by atoms with Gasteiger partial charge in [0.2, 0.25) is 0 Å². The molecule has 0 atom stereocenters. The zero-order valence-corrected chi connectivity index (χ0v) is 8.64. The molecule has 0 aliphatic carbocycles. The molecule has 0 fully saturated rings. The van der Waals surface area contributed by atoms with Crippen LogP contribution in [0.5, 0.6) is 0 Å². The summed E-state index contributed by atoms with van der Waals surface area (Å²) in [6, 6.07) is 5.68. The Kier molecular flexibility index (Phi) is 2.49. The van der Waals surface area contributed by atoms with Crippen molar-refractivity contribution in [3.63, 3.8) is 0 Å². The molecule has 2 rings (SSSR count). The second-order valence-corrected chi connectivity index (χ2v) is 3.47. The lowest BCUT2D eigenvalue weighted by Gasteiger charge is -1.98. The molecule has 1 aromatic carbocycles. The van der Waals surface area contributed by atoms with Crippen molar-refractivity contribution in [3.8, 4) is 11.3 Å². The largest absolute Gasteiger partial charge is 0.381 e. The molecular formula is C9H6ClN3O3. The van der Waals surface area contributed by atoms with Gasteiger partial charge in [-0.1, -0.05) is 16.8 Å². The van der Waals surface area contributed by atoms with E-state index in [1.165, 1.54) is 24.3 Å². The fourth-order valence-electron chi connectivity index (χ4n) is 1.28. The molecular weight excluding hydrogens is 234 g/mol. The van der Waals surface area contributed by atoms with Crippen molar-refractivity contribution in [2.75, 3.05) is 5.73 Å². The van der Waals surface area contributed by atoms with Crippen LogP contribution in [0.3, 0.4) is 0 Å². The molecule has 0 saturated carbocycles. The van der Waals surface area contributed by atoms with Crippen molar-refractivity contribution in [1.29, 1.82) is 0 Å². The average molecular weight is 240 g/mol. The number of benzene rings is 1. The van der Waals surface area contributed by atoms with Crippen LogP contribution >= 0.6 is 11.6 Å². The highest BCUT2D eigenvalue weighted by Crippen LogP contribution is 2.32. The summed E-state index contributed by atoms with van der Waals surface area (Å²) in [5.74, 6) is 0.403. The second-order valence-electron chi connectivity index (χ2n) is 3.03. The molecule has 6 nitrogen and oxygen atoms in total. The Morgan fingerprint density at radius 2 is 2.19 bits per heavy atom. The first-order valence-electron chi connectivity index (χ1n) is 4.24. The first-order valence-corrected chi connectivity index (χ1v) is 4.62. The predicted molar refractivity (Wildman–Crippen MR) is 58.0 cm³/mol. The lowest BCUT2D eigenvalue weighted by molar-refractivity contribution is -0.384. The Hall–Kier alpha value is -2.08. The number of nitrogen functional groups attached to an aromatic ring is 1. The van der Waals surface area contributed by atoms with Crippen molar-refractivity contribution >= 4 is 23.1 Å². The average Bonchev–Trinajstić information content (AvgIpc) is 2.64. The molecule has 0 spiro atoms. The van der Waals surface area contributed by atoms with Crippen LogP contribution in [0.15, 0.2) is 28.8 Å². The lowest BCUT2D eigenvalue weighted by atomic mass is 10.1. The molecule has 2 aromatic rings. The first-order chi connectivity index (χ1) is 7.58. The van der Waals surface area contributed by atoms with Crippen LogP contribution in [0.25, 0.3) is 11.3 Å². The Morgan fingerprint density at radius 1 is 1.44 bits per heavy atom. The molecule has 0 amide bonds. The van der Waals surface area contributed by atoms with Crippen molar-refractivity contribution in [2.24, 2.45) is 0 Å². The van der Waals surface area contributed by atoms with Crippen molar-refractivity contribution < 1.29 is 9.45 Å². The highest BCUT2D eigenvalue weighted by molar-refractivity contribution is 6.30. The van der Waals surface area contributed by atoms with Crippen LogP contribution in [0, 0.1) is 10.1 Å². The van der Waals surface area contributed by atoms with Gasteiger partial charge < -0.3 is 10.3 Å². The SMILES string of the molecule is Nc1cc(-c2ccc(Cl)cc2[N+](=O)[O-])on1. The lowest BCUT2D eigenvalue weighted by Crippen LogP contribution is -1.91. The quantitative estimate of drug-likeness (QED) is 0.642. The topological polar surface area (TPSA) is 95.2 Å². The van der Waals surface area contributed by atoms with Gasteiger partial charge in [-0.2, -0.15) is 0 Å². The number of nitro benzene ring substituents is 1. The van der Waals surface area contributed by atoms with E-state index in [9.17, 15) is 10.1 Å². The van der Waals surface area contributed by atoms with Gasteiger partial charge in [-0.25, -0.2) is 0 Å². The minimum Gasteiger partial charge on any atom is -0.381 e. The van der Waals surface area contributed by atoms with E-state index in [0.717, 1.165) is 0 Å². The number of rotatable bonds is 2. The van der Waals surface area contributed by atoms with E-state index in [1.54, 1.807) is 0 Å². The van der Waals surface area contributed by atoms with E-state index in [0.29, 0.717) is 5.56 Å². The molecule has 82 valence electrons. The first kappa shape index (κ1) is 10.4. The van der Waals surface area contributed by atoms with E-state index in [2.05, 4.69) is 5.16 Å². The summed E-state index contributed by atoms with van der Waals surface area (Å²) >= 11 is 5.68. The number of hydrogen-bond acceptors (Lipinski definition) is 5. The van der Waals surface area contributed by atoms with Crippen LogP contribution in [0.2, 0.25) is 5.02 Å². The summed E-state index contributed by atoms with van der Waals surface area (Å²) in [5.41, 5.74) is 5.51. The van der Waals surface area contributed by atoms with Crippen LogP contribution < -0.4 is 5.73 Å².